The summed E-state index contributed by atoms with van der Waals surface area (Å²) < 4.78 is 0. The van der Waals surface area contributed by atoms with Crippen LogP contribution in [0.25, 0.3) is 101 Å². The molecular weight excluding hydrogens is 705 g/mol. The van der Waals surface area contributed by atoms with Crippen molar-refractivity contribution in [3.05, 3.63) is 218 Å². The summed E-state index contributed by atoms with van der Waals surface area (Å²) in [4.78, 5) is 19.8. The summed E-state index contributed by atoms with van der Waals surface area (Å²) in [7, 11) is 0. The maximum atomic E-state index is 5.07. The highest BCUT2D eigenvalue weighted by Gasteiger charge is 2.15. The van der Waals surface area contributed by atoms with Crippen LogP contribution in [0.5, 0.6) is 0 Å². The zero-order valence-electron chi connectivity index (χ0n) is 31.6. The lowest BCUT2D eigenvalue weighted by Gasteiger charge is -2.13. The molecule has 10 rings (SSSR count). The van der Waals surface area contributed by atoms with E-state index >= 15 is 0 Å². The molecule has 0 atom stereocenters. The molecule has 58 heavy (non-hydrogen) atoms. The fourth-order valence-corrected chi connectivity index (χ4v) is 7.60. The van der Waals surface area contributed by atoms with Crippen molar-refractivity contribution in [2.45, 2.75) is 0 Å². The maximum absolute atomic E-state index is 5.07. The van der Waals surface area contributed by atoms with Gasteiger partial charge in [-0.1, -0.05) is 206 Å². The van der Waals surface area contributed by atoms with E-state index in [0.29, 0.717) is 17.5 Å². The third kappa shape index (κ3) is 6.95. The molecule has 0 unspecified atom stereocenters. The lowest BCUT2D eigenvalue weighted by molar-refractivity contribution is 1.07. The van der Waals surface area contributed by atoms with Gasteiger partial charge in [-0.05, 0) is 56.3 Å². The second kappa shape index (κ2) is 15.4. The first-order valence-corrected chi connectivity index (χ1v) is 19.5. The Hall–Kier alpha value is -7.82. The minimum absolute atomic E-state index is 0.641. The van der Waals surface area contributed by atoms with Crippen LogP contribution in [0.2, 0.25) is 0 Å². The van der Waals surface area contributed by atoms with E-state index in [1.807, 2.05) is 72.8 Å². The number of benzene rings is 8. The molecule has 8 aromatic carbocycles. The van der Waals surface area contributed by atoms with Crippen molar-refractivity contribution in [3.8, 4) is 90.1 Å². The fourth-order valence-electron chi connectivity index (χ4n) is 7.60. The molecule has 272 valence electrons. The van der Waals surface area contributed by atoms with Crippen LogP contribution >= 0.6 is 0 Å². The van der Waals surface area contributed by atoms with Crippen molar-refractivity contribution in [1.29, 1.82) is 0 Å². The van der Waals surface area contributed by atoms with Crippen molar-refractivity contribution in [1.82, 2.24) is 19.9 Å². The van der Waals surface area contributed by atoms with E-state index in [4.69, 9.17) is 19.9 Å². The van der Waals surface area contributed by atoms with Crippen LogP contribution in [0.15, 0.2) is 218 Å². The van der Waals surface area contributed by atoms with Gasteiger partial charge in [0.05, 0.1) is 11.4 Å². The van der Waals surface area contributed by atoms with Gasteiger partial charge in [-0.25, -0.2) is 19.9 Å². The Bertz CT molecular complexity index is 2680. The minimum atomic E-state index is 0.641. The smallest absolute Gasteiger partial charge is 0.164 e. The molecule has 4 nitrogen and oxygen atoms in total. The number of nitrogens with zero attached hydrogens (tertiary/aromatic N) is 4. The van der Waals surface area contributed by atoms with Gasteiger partial charge in [0.1, 0.15) is 0 Å². The summed E-state index contributed by atoms with van der Waals surface area (Å²) in [5.41, 5.74) is 13.9. The number of rotatable bonds is 8. The van der Waals surface area contributed by atoms with Gasteiger partial charge in [0.15, 0.2) is 17.5 Å². The molecule has 0 bridgehead atoms. The third-order valence-corrected chi connectivity index (χ3v) is 10.6. The Kier molecular flexibility index (Phi) is 9.18. The molecule has 0 aliphatic carbocycles. The molecule has 0 amide bonds. The molecule has 2 aromatic heterocycles. The average Bonchev–Trinajstić information content (AvgIpc) is 3.32. The van der Waals surface area contributed by atoms with Gasteiger partial charge in [0.25, 0.3) is 0 Å². The second-order valence-electron chi connectivity index (χ2n) is 14.3. The topological polar surface area (TPSA) is 51.6 Å². The van der Waals surface area contributed by atoms with Crippen molar-refractivity contribution in [2.75, 3.05) is 0 Å². The number of fused-ring (bicyclic) bond motifs is 1. The minimum Gasteiger partial charge on any atom is -0.248 e. The van der Waals surface area contributed by atoms with E-state index < -0.39 is 0 Å². The first kappa shape index (κ1) is 34.7. The van der Waals surface area contributed by atoms with Crippen LogP contribution in [0.3, 0.4) is 0 Å². The summed E-state index contributed by atoms with van der Waals surface area (Å²) in [6.07, 6.45) is 0. The predicted octanol–water partition coefficient (Wildman–Crippen LogP) is 13.8. The van der Waals surface area contributed by atoms with Gasteiger partial charge in [-0.15, -0.1) is 0 Å². The highest BCUT2D eigenvalue weighted by molar-refractivity contribution is 6.04. The normalized spacial score (nSPS) is 11.1. The molecule has 2 heterocycles. The lowest BCUT2D eigenvalue weighted by atomic mass is 9.92. The first-order chi connectivity index (χ1) is 28.7. The van der Waals surface area contributed by atoms with Crippen molar-refractivity contribution in [3.63, 3.8) is 0 Å². The zero-order chi connectivity index (χ0) is 38.7. The molecule has 4 heteroatoms. The van der Waals surface area contributed by atoms with Gasteiger partial charge in [-0.3, -0.25) is 0 Å². The number of pyridine rings is 1. The summed E-state index contributed by atoms with van der Waals surface area (Å²) in [5, 5.41) is 2.40. The third-order valence-electron chi connectivity index (χ3n) is 10.6. The summed E-state index contributed by atoms with van der Waals surface area (Å²) >= 11 is 0. The van der Waals surface area contributed by atoms with E-state index in [1.165, 1.54) is 27.5 Å². The molecule has 0 saturated heterocycles. The predicted molar refractivity (Wildman–Crippen MR) is 239 cm³/mol. The monoisotopic (exact) mass is 740 g/mol. The second-order valence-corrected chi connectivity index (χ2v) is 14.3. The average molecular weight is 741 g/mol. The molecule has 0 N–H and O–H groups in total. The fraction of sp³-hybridized carbons (Fsp3) is 0. The van der Waals surface area contributed by atoms with E-state index in [2.05, 4.69) is 146 Å². The van der Waals surface area contributed by atoms with Gasteiger partial charge in [0, 0.05) is 27.8 Å². The molecule has 0 spiro atoms. The number of hydrogen-bond acceptors (Lipinski definition) is 4. The van der Waals surface area contributed by atoms with Crippen LogP contribution in [-0.2, 0) is 0 Å². The lowest BCUT2D eigenvalue weighted by Crippen LogP contribution is -2.00. The Morgan fingerprint density at radius 3 is 0.931 bits per heavy atom. The molecular formula is C54H36N4. The Morgan fingerprint density at radius 1 is 0.207 bits per heavy atom. The molecule has 0 saturated carbocycles. The van der Waals surface area contributed by atoms with Crippen molar-refractivity contribution < 1.29 is 0 Å². The Morgan fingerprint density at radius 2 is 0.534 bits per heavy atom. The van der Waals surface area contributed by atoms with Crippen LogP contribution < -0.4 is 0 Å². The molecule has 10 aromatic rings. The van der Waals surface area contributed by atoms with Gasteiger partial charge >= 0.3 is 0 Å². The van der Waals surface area contributed by atoms with Crippen molar-refractivity contribution in [2.24, 2.45) is 0 Å². The van der Waals surface area contributed by atoms with Crippen LogP contribution in [0, 0.1) is 0 Å². The zero-order valence-corrected chi connectivity index (χ0v) is 31.6. The SMILES string of the molecule is c1ccc(-c2cc(-c3ccc(-c4cccc5c(-c6ccc(-c7nc(-c8ccccc8)nc(-c8ccccc8)n7)cc6)cccc45)cc3)cc(-c3ccccc3)n2)cc1. The molecule has 0 radical (unpaired) electrons. The number of aromatic nitrogens is 4. The maximum Gasteiger partial charge on any atom is 0.164 e. The van der Waals surface area contributed by atoms with Gasteiger partial charge < -0.3 is 0 Å². The summed E-state index contributed by atoms with van der Waals surface area (Å²) in [6, 6.07) is 76.0. The molecule has 0 aliphatic rings. The van der Waals surface area contributed by atoms with Crippen LogP contribution in [0.1, 0.15) is 0 Å². The van der Waals surface area contributed by atoms with Gasteiger partial charge in [-0.2, -0.15) is 0 Å². The first-order valence-electron chi connectivity index (χ1n) is 19.5. The highest BCUT2D eigenvalue weighted by Crippen LogP contribution is 2.37. The van der Waals surface area contributed by atoms with Crippen molar-refractivity contribution >= 4 is 10.8 Å². The van der Waals surface area contributed by atoms with E-state index in [-0.39, 0.29) is 0 Å². The quantitative estimate of drug-likeness (QED) is 0.156. The number of hydrogen-bond donors (Lipinski definition) is 0. The molecule has 0 aliphatic heterocycles. The largest absolute Gasteiger partial charge is 0.248 e. The highest BCUT2D eigenvalue weighted by atomic mass is 15.0. The standard InChI is InChI=1S/C54H36N4/c1-5-15-40(16-6-1)50-35-45(36-51(55-50)41-17-7-2-8-18-41)37-27-29-38(30-28-37)46-23-13-26-49-47(24-14-25-48(46)49)39-31-33-44(34-32-39)54-57-52(42-19-9-3-10-20-42)56-53(58-54)43-21-11-4-12-22-43/h1-36H. The Balaban J connectivity index is 0.982. The van der Waals surface area contributed by atoms with Crippen LogP contribution in [0.4, 0.5) is 0 Å². The van der Waals surface area contributed by atoms with Gasteiger partial charge in [0.2, 0.25) is 0 Å². The van der Waals surface area contributed by atoms with E-state index in [9.17, 15) is 0 Å². The summed E-state index contributed by atoms with van der Waals surface area (Å²) in [5.74, 6) is 1.94. The van der Waals surface area contributed by atoms with Crippen LogP contribution in [-0.4, -0.2) is 19.9 Å². The Labute approximate surface area is 337 Å². The van der Waals surface area contributed by atoms with E-state index in [0.717, 1.165) is 55.9 Å². The van der Waals surface area contributed by atoms with E-state index in [1.54, 1.807) is 0 Å². The molecule has 0 fully saturated rings. The summed E-state index contributed by atoms with van der Waals surface area (Å²) in [6.45, 7) is 0.